The molecule has 2 rings (SSSR count). The molecule has 0 unspecified atom stereocenters. The van der Waals surface area contributed by atoms with Crippen molar-refractivity contribution >= 4 is 33.4 Å². The fraction of sp³-hybridized carbons (Fsp3) is 0.429. The van der Waals surface area contributed by atoms with Crippen molar-refractivity contribution in [2.24, 2.45) is 0 Å². The Morgan fingerprint density at radius 2 is 1.75 bits per heavy atom. The largest absolute Gasteiger partial charge is 0.336 e. The molecule has 0 radical (unpaired) electrons. The van der Waals surface area contributed by atoms with Crippen LogP contribution in [0.2, 0.25) is 0 Å². The number of amides is 2. The summed E-state index contributed by atoms with van der Waals surface area (Å²) >= 11 is 3.09. The number of benzene rings is 1. The van der Waals surface area contributed by atoms with Crippen molar-refractivity contribution in [2.45, 2.75) is 0 Å². The third kappa shape index (κ3) is 3.80. The molecule has 1 fully saturated rings. The van der Waals surface area contributed by atoms with Gasteiger partial charge in [0.2, 0.25) is 5.91 Å². The molecular weight excluding hydrogens is 322 g/mol. The first-order chi connectivity index (χ1) is 9.60. The number of piperazine rings is 1. The molecule has 1 aromatic carbocycles. The monoisotopic (exact) mass is 339 g/mol. The van der Waals surface area contributed by atoms with E-state index in [0.717, 1.165) is 26.2 Å². The first-order valence-corrected chi connectivity index (χ1v) is 7.66. The zero-order valence-electron chi connectivity index (χ0n) is 11.4. The van der Waals surface area contributed by atoms with Gasteiger partial charge in [-0.15, -0.1) is 0 Å². The van der Waals surface area contributed by atoms with Gasteiger partial charge in [-0.3, -0.25) is 9.59 Å². The summed E-state index contributed by atoms with van der Waals surface area (Å²) in [6.07, 6.45) is 0. The van der Waals surface area contributed by atoms with Gasteiger partial charge in [0.1, 0.15) is 0 Å². The van der Waals surface area contributed by atoms with Gasteiger partial charge in [0, 0.05) is 37.4 Å². The molecule has 1 saturated heterocycles. The lowest BCUT2D eigenvalue weighted by Gasteiger charge is -2.32. The van der Waals surface area contributed by atoms with Crippen molar-refractivity contribution in [1.82, 2.24) is 9.80 Å². The lowest BCUT2D eigenvalue weighted by molar-refractivity contribution is -0.113. The molecule has 1 N–H and O–H groups in total. The molecule has 0 atom stereocenters. The summed E-state index contributed by atoms with van der Waals surface area (Å²) in [4.78, 5) is 27.6. The van der Waals surface area contributed by atoms with Gasteiger partial charge in [0.05, 0.1) is 5.33 Å². The predicted octanol–water partition coefficient (Wildman–Crippen LogP) is 1.41. The quantitative estimate of drug-likeness (QED) is 0.847. The Morgan fingerprint density at radius 1 is 1.15 bits per heavy atom. The predicted molar refractivity (Wildman–Crippen MR) is 82.3 cm³/mol. The highest BCUT2D eigenvalue weighted by molar-refractivity contribution is 9.09. The van der Waals surface area contributed by atoms with Crippen LogP contribution in [0, 0.1) is 0 Å². The number of carbonyl (C=O) groups is 2. The lowest BCUT2D eigenvalue weighted by Crippen LogP contribution is -2.47. The zero-order valence-corrected chi connectivity index (χ0v) is 13.0. The topological polar surface area (TPSA) is 52.6 Å². The number of halogens is 1. The highest BCUT2D eigenvalue weighted by Gasteiger charge is 2.20. The van der Waals surface area contributed by atoms with Crippen molar-refractivity contribution in [3.63, 3.8) is 0 Å². The maximum absolute atomic E-state index is 12.3. The SMILES string of the molecule is CN1CCN(C(=O)c2ccc(NC(=O)CBr)cc2)CC1. The minimum absolute atomic E-state index is 0.0523. The van der Waals surface area contributed by atoms with Gasteiger partial charge < -0.3 is 15.1 Å². The normalized spacial score (nSPS) is 16.0. The van der Waals surface area contributed by atoms with Crippen LogP contribution in [0.3, 0.4) is 0 Å². The number of alkyl halides is 1. The van der Waals surface area contributed by atoms with E-state index in [-0.39, 0.29) is 17.1 Å². The van der Waals surface area contributed by atoms with E-state index in [4.69, 9.17) is 0 Å². The summed E-state index contributed by atoms with van der Waals surface area (Å²) in [5.41, 5.74) is 1.36. The van der Waals surface area contributed by atoms with E-state index in [1.165, 1.54) is 0 Å². The Hall–Kier alpha value is -1.40. The minimum atomic E-state index is -0.108. The number of rotatable bonds is 3. The fourth-order valence-corrected chi connectivity index (χ4v) is 2.22. The minimum Gasteiger partial charge on any atom is -0.336 e. The molecule has 0 spiro atoms. The van der Waals surface area contributed by atoms with E-state index < -0.39 is 0 Å². The second-order valence-electron chi connectivity index (χ2n) is 4.85. The number of likely N-dealkylation sites (N-methyl/N-ethyl adjacent to an activating group) is 1. The first-order valence-electron chi connectivity index (χ1n) is 6.54. The smallest absolute Gasteiger partial charge is 0.253 e. The van der Waals surface area contributed by atoms with Crippen LogP contribution in [-0.4, -0.2) is 60.2 Å². The van der Waals surface area contributed by atoms with Crippen LogP contribution in [0.25, 0.3) is 0 Å². The summed E-state index contributed by atoms with van der Waals surface area (Å²) in [6.45, 7) is 3.34. The molecule has 5 nitrogen and oxygen atoms in total. The molecule has 108 valence electrons. The molecule has 1 aliphatic heterocycles. The van der Waals surface area contributed by atoms with E-state index in [0.29, 0.717) is 11.3 Å². The van der Waals surface area contributed by atoms with E-state index in [2.05, 4.69) is 33.2 Å². The molecule has 0 aliphatic carbocycles. The summed E-state index contributed by atoms with van der Waals surface area (Å²) in [5.74, 6) is -0.0559. The van der Waals surface area contributed by atoms with E-state index in [9.17, 15) is 9.59 Å². The number of hydrogen-bond donors (Lipinski definition) is 1. The number of nitrogens with zero attached hydrogens (tertiary/aromatic N) is 2. The van der Waals surface area contributed by atoms with Gasteiger partial charge in [-0.25, -0.2) is 0 Å². The third-order valence-corrected chi connectivity index (χ3v) is 3.84. The molecule has 0 bridgehead atoms. The van der Waals surface area contributed by atoms with Gasteiger partial charge in [0.15, 0.2) is 0 Å². The van der Waals surface area contributed by atoms with Gasteiger partial charge in [0.25, 0.3) is 5.91 Å². The van der Waals surface area contributed by atoms with E-state index in [1.54, 1.807) is 24.3 Å². The maximum atomic E-state index is 12.3. The second kappa shape index (κ2) is 6.85. The second-order valence-corrected chi connectivity index (χ2v) is 5.42. The zero-order chi connectivity index (χ0) is 14.5. The van der Waals surface area contributed by atoms with Gasteiger partial charge in [-0.1, -0.05) is 15.9 Å². The number of carbonyl (C=O) groups excluding carboxylic acids is 2. The van der Waals surface area contributed by atoms with Crippen molar-refractivity contribution in [3.05, 3.63) is 29.8 Å². The summed E-state index contributed by atoms with van der Waals surface area (Å²) < 4.78 is 0. The molecule has 1 aromatic rings. The van der Waals surface area contributed by atoms with Crippen LogP contribution in [-0.2, 0) is 4.79 Å². The molecule has 0 aromatic heterocycles. The van der Waals surface area contributed by atoms with Crippen LogP contribution in [0.4, 0.5) is 5.69 Å². The molecular formula is C14H18BrN3O2. The Bertz CT molecular complexity index is 482. The maximum Gasteiger partial charge on any atom is 0.253 e. The van der Waals surface area contributed by atoms with Gasteiger partial charge in [-0.2, -0.15) is 0 Å². The van der Waals surface area contributed by atoms with E-state index in [1.807, 2.05) is 4.90 Å². The summed E-state index contributed by atoms with van der Waals surface area (Å²) in [7, 11) is 2.06. The number of anilines is 1. The standard InChI is InChI=1S/C14H18BrN3O2/c1-17-6-8-18(9-7-17)14(20)11-2-4-12(5-3-11)16-13(19)10-15/h2-5H,6-10H2,1H3,(H,16,19). The van der Waals surface area contributed by atoms with Crippen molar-refractivity contribution in [3.8, 4) is 0 Å². The van der Waals surface area contributed by atoms with Gasteiger partial charge in [-0.05, 0) is 31.3 Å². The first kappa shape index (κ1) is 15.0. The van der Waals surface area contributed by atoms with Crippen LogP contribution < -0.4 is 5.32 Å². The fourth-order valence-electron chi connectivity index (χ4n) is 2.08. The summed E-state index contributed by atoms with van der Waals surface area (Å²) in [6, 6.07) is 7.02. The van der Waals surface area contributed by atoms with Crippen LogP contribution >= 0.6 is 15.9 Å². The van der Waals surface area contributed by atoms with Gasteiger partial charge >= 0.3 is 0 Å². The molecule has 0 saturated carbocycles. The van der Waals surface area contributed by atoms with Crippen molar-refractivity contribution in [2.75, 3.05) is 43.9 Å². The molecule has 1 aliphatic rings. The number of hydrogen-bond acceptors (Lipinski definition) is 3. The molecule has 2 amide bonds. The van der Waals surface area contributed by atoms with Crippen LogP contribution in [0.1, 0.15) is 10.4 Å². The van der Waals surface area contributed by atoms with Crippen LogP contribution in [0.5, 0.6) is 0 Å². The third-order valence-electron chi connectivity index (χ3n) is 3.33. The average Bonchev–Trinajstić information content (AvgIpc) is 2.48. The van der Waals surface area contributed by atoms with Crippen molar-refractivity contribution in [1.29, 1.82) is 0 Å². The molecule has 6 heteroatoms. The Labute approximate surface area is 127 Å². The Balaban J connectivity index is 1.98. The van der Waals surface area contributed by atoms with E-state index >= 15 is 0 Å². The van der Waals surface area contributed by atoms with Crippen LogP contribution in [0.15, 0.2) is 24.3 Å². The Morgan fingerprint density at radius 3 is 2.30 bits per heavy atom. The summed E-state index contributed by atoms with van der Waals surface area (Å²) in [5, 5.41) is 2.98. The lowest BCUT2D eigenvalue weighted by atomic mass is 10.1. The molecule has 1 heterocycles. The Kier molecular flexibility index (Phi) is 5.14. The highest BCUT2D eigenvalue weighted by Crippen LogP contribution is 2.13. The number of nitrogens with one attached hydrogen (secondary N) is 1. The molecule has 20 heavy (non-hydrogen) atoms. The average molecular weight is 340 g/mol. The van der Waals surface area contributed by atoms with Crippen molar-refractivity contribution < 1.29 is 9.59 Å². The highest BCUT2D eigenvalue weighted by atomic mass is 79.9.